The quantitative estimate of drug-likeness (QED) is 0.855. The molecule has 1 rings (SSSR count). The molecule has 2 N–H and O–H groups in total. The average molecular weight is 300 g/mol. The second-order valence-corrected chi connectivity index (χ2v) is 12.7. The van der Waals surface area contributed by atoms with Gasteiger partial charge in [-0.15, -0.1) is 11.3 Å². The van der Waals surface area contributed by atoms with Gasteiger partial charge in [-0.3, -0.25) is 4.79 Å². The number of hydrogen-bond donors (Lipinski definition) is 1. The van der Waals surface area contributed by atoms with E-state index < -0.39 is 8.32 Å². The molecule has 0 unspecified atom stereocenters. The fourth-order valence-electron chi connectivity index (χ4n) is 1.70. The lowest BCUT2D eigenvalue weighted by Crippen LogP contribution is -2.40. The molecular weight excluding hydrogens is 274 g/mol. The average Bonchev–Trinajstić information content (AvgIpc) is 2.48. The maximum absolute atomic E-state index is 11.6. The second kappa shape index (κ2) is 5.38. The van der Waals surface area contributed by atoms with Gasteiger partial charge in [0.1, 0.15) is 0 Å². The standard InChI is InChI=1S/C14H25NO2SSi/c1-9-11(12(13(15)16)10(2)18-9)8-17-19(6,7)14(3,4)5/h8H2,1-7H3,(H2,15,16). The van der Waals surface area contributed by atoms with E-state index in [1.807, 2.05) is 13.8 Å². The Kier molecular flexibility index (Phi) is 4.65. The number of carbonyl (C=O) groups excluding carboxylic acids is 1. The normalized spacial score (nSPS) is 12.8. The Labute approximate surface area is 121 Å². The lowest BCUT2D eigenvalue weighted by Gasteiger charge is -2.36. The van der Waals surface area contributed by atoms with Crippen LogP contribution < -0.4 is 5.73 Å². The first-order valence-corrected chi connectivity index (χ1v) is 10.2. The van der Waals surface area contributed by atoms with Gasteiger partial charge < -0.3 is 10.2 Å². The topological polar surface area (TPSA) is 52.3 Å². The summed E-state index contributed by atoms with van der Waals surface area (Å²) < 4.78 is 6.20. The Balaban J connectivity index is 2.99. The number of hydrogen-bond acceptors (Lipinski definition) is 3. The molecule has 108 valence electrons. The van der Waals surface area contributed by atoms with E-state index in [-0.39, 0.29) is 10.9 Å². The third-order valence-electron chi connectivity index (χ3n) is 4.01. The zero-order valence-electron chi connectivity index (χ0n) is 13.0. The SMILES string of the molecule is Cc1sc(C)c(C(N)=O)c1CO[Si](C)(C)C(C)(C)C. The summed E-state index contributed by atoms with van der Waals surface area (Å²) in [4.78, 5) is 13.7. The van der Waals surface area contributed by atoms with Crippen LogP contribution in [0.1, 0.15) is 46.4 Å². The van der Waals surface area contributed by atoms with Gasteiger partial charge in [-0.1, -0.05) is 20.8 Å². The maximum Gasteiger partial charge on any atom is 0.250 e. The van der Waals surface area contributed by atoms with Crippen LogP contribution in [0.5, 0.6) is 0 Å². The molecule has 5 heteroatoms. The van der Waals surface area contributed by atoms with E-state index in [0.717, 1.165) is 15.3 Å². The highest BCUT2D eigenvalue weighted by Gasteiger charge is 2.37. The minimum Gasteiger partial charge on any atom is -0.412 e. The smallest absolute Gasteiger partial charge is 0.250 e. The van der Waals surface area contributed by atoms with E-state index in [2.05, 4.69) is 33.9 Å². The Hall–Kier alpha value is -0.653. The molecule has 0 bridgehead atoms. The highest BCUT2D eigenvalue weighted by Crippen LogP contribution is 2.38. The molecule has 0 aliphatic heterocycles. The van der Waals surface area contributed by atoms with Gasteiger partial charge >= 0.3 is 0 Å². The molecule has 0 saturated heterocycles. The molecule has 1 aromatic heterocycles. The molecule has 19 heavy (non-hydrogen) atoms. The zero-order chi connectivity index (χ0) is 15.0. The monoisotopic (exact) mass is 299 g/mol. The van der Waals surface area contributed by atoms with Crippen molar-refractivity contribution in [3.8, 4) is 0 Å². The number of carbonyl (C=O) groups is 1. The van der Waals surface area contributed by atoms with Crippen molar-refractivity contribution in [1.29, 1.82) is 0 Å². The number of rotatable bonds is 4. The molecule has 1 aromatic rings. The van der Waals surface area contributed by atoms with Gasteiger partial charge in [0.15, 0.2) is 8.32 Å². The first kappa shape index (κ1) is 16.4. The Bertz CT molecular complexity index is 486. The second-order valence-electron chi connectivity index (χ2n) is 6.48. The summed E-state index contributed by atoms with van der Waals surface area (Å²) in [6.45, 7) is 15.5. The van der Waals surface area contributed by atoms with Crippen molar-refractivity contribution in [2.24, 2.45) is 5.73 Å². The predicted molar refractivity (Wildman–Crippen MR) is 84.3 cm³/mol. The fourth-order valence-corrected chi connectivity index (χ4v) is 3.70. The van der Waals surface area contributed by atoms with Crippen LogP contribution in [0, 0.1) is 13.8 Å². The summed E-state index contributed by atoms with van der Waals surface area (Å²) in [5.41, 5.74) is 7.10. The maximum atomic E-state index is 11.6. The van der Waals surface area contributed by atoms with Crippen LogP contribution in [-0.4, -0.2) is 14.2 Å². The molecule has 3 nitrogen and oxygen atoms in total. The van der Waals surface area contributed by atoms with Crippen molar-refractivity contribution < 1.29 is 9.22 Å². The van der Waals surface area contributed by atoms with Gasteiger partial charge in [0, 0.05) is 15.3 Å². The minimum absolute atomic E-state index is 0.166. The van der Waals surface area contributed by atoms with Crippen molar-refractivity contribution >= 4 is 25.6 Å². The van der Waals surface area contributed by atoms with Crippen molar-refractivity contribution in [2.75, 3.05) is 0 Å². The lowest BCUT2D eigenvalue weighted by molar-refractivity contribution is 0.0997. The molecule has 0 aliphatic carbocycles. The summed E-state index contributed by atoms with van der Waals surface area (Å²) in [5, 5.41) is 0.166. The molecular formula is C14H25NO2SSi. The van der Waals surface area contributed by atoms with Crippen molar-refractivity contribution in [2.45, 2.75) is 59.4 Å². The highest BCUT2D eigenvalue weighted by molar-refractivity contribution is 7.12. The van der Waals surface area contributed by atoms with Crippen molar-refractivity contribution in [1.82, 2.24) is 0 Å². The Morgan fingerprint density at radius 1 is 1.26 bits per heavy atom. The molecule has 1 amide bonds. The highest BCUT2D eigenvalue weighted by atomic mass is 32.1. The number of thiophene rings is 1. The molecule has 0 aromatic carbocycles. The zero-order valence-corrected chi connectivity index (χ0v) is 14.8. The van der Waals surface area contributed by atoms with Crippen LogP contribution in [-0.2, 0) is 11.0 Å². The largest absolute Gasteiger partial charge is 0.412 e. The van der Waals surface area contributed by atoms with Crippen LogP contribution in [0.4, 0.5) is 0 Å². The van der Waals surface area contributed by atoms with E-state index in [0.29, 0.717) is 12.2 Å². The molecule has 1 heterocycles. The number of nitrogens with two attached hydrogens (primary N) is 1. The van der Waals surface area contributed by atoms with E-state index >= 15 is 0 Å². The molecule has 0 radical (unpaired) electrons. The predicted octanol–water partition coefficient (Wildman–Crippen LogP) is 3.99. The van der Waals surface area contributed by atoms with Gasteiger partial charge in [-0.2, -0.15) is 0 Å². The third kappa shape index (κ3) is 3.46. The fraction of sp³-hybridized carbons (Fsp3) is 0.643. The van der Waals surface area contributed by atoms with E-state index in [4.69, 9.17) is 10.2 Å². The van der Waals surface area contributed by atoms with Gasteiger partial charge in [0.05, 0.1) is 12.2 Å². The van der Waals surface area contributed by atoms with Gasteiger partial charge in [-0.05, 0) is 32.0 Å². The van der Waals surface area contributed by atoms with Gasteiger partial charge in [0.25, 0.3) is 0 Å². The van der Waals surface area contributed by atoms with Crippen LogP contribution in [0.15, 0.2) is 0 Å². The van der Waals surface area contributed by atoms with Gasteiger partial charge in [-0.25, -0.2) is 0 Å². The summed E-state index contributed by atoms with van der Waals surface area (Å²) in [6, 6.07) is 0. The summed E-state index contributed by atoms with van der Waals surface area (Å²) in [6.07, 6.45) is 0. The number of aryl methyl sites for hydroxylation is 2. The van der Waals surface area contributed by atoms with Crippen molar-refractivity contribution in [3.63, 3.8) is 0 Å². The molecule has 0 fully saturated rings. The van der Waals surface area contributed by atoms with E-state index in [1.165, 1.54) is 0 Å². The summed E-state index contributed by atoms with van der Waals surface area (Å²) >= 11 is 1.62. The molecule has 0 saturated carbocycles. The van der Waals surface area contributed by atoms with E-state index in [9.17, 15) is 4.79 Å². The third-order valence-corrected chi connectivity index (χ3v) is 9.56. The minimum atomic E-state index is -1.81. The first-order chi connectivity index (χ1) is 8.47. The summed E-state index contributed by atoms with van der Waals surface area (Å²) in [5.74, 6) is -0.351. The van der Waals surface area contributed by atoms with Crippen LogP contribution in [0.25, 0.3) is 0 Å². The van der Waals surface area contributed by atoms with Crippen LogP contribution >= 0.6 is 11.3 Å². The lowest BCUT2D eigenvalue weighted by atomic mass is 10.1. The van der Waals surface area contributed by atoms with Crippen LogP contribution in [0.3, 0.4) is 0 Å². The van der Waals surface area contributed by atoms with Gasteiger partial charge in [0.2, 0.25) is 5.91 Å². The molecule has 0 aliphatic rings. The first-order valence-electron chi connectivity index (χ1n) is 6.50. The van der Waals surface area contributed by atoms with Crippen molar-refractivity contribution in [3.05, 3.63) is 20.9 Å². The molecule has 0 spiro atoms. The number of amides is 1. The summed E-state index contributed by atoms with van der Waals surface area (Å²) in [7, 11) is -1.81. The Morgan fingerprint density at radius 3 is 2.21 bits per heavy atom. The number of primary amides is 1. The van der Waals surface area contributed by atoms with Crippen LogP contribution in [0.2, 0.25) is 18.1 Å². The Morgan fingerprint density at radius 2 is 1.79 bits per heavy atom. The molecule has 0 atom stereocenters. The van der Waals surface area contributed by atoms with E-state index in [1.54, 1.807) is 11.3 Å².